The van der Waals surface area contributed by atoms with Gasteiger partial charge < -0.3 is 62.8 Å². The van der Waals surface area contributed by atoms with E-state index in [9.17, 15) is 38.4 Å². The highest BCUT2D eigenvalue weighted by molar-refractivity contribution is 5.97. The van der Waals surface area contributed by atoms with Gasteiger partial charge in [0.25, 0.3) is 0 Å². The van der Waals surface area contributed by atoms with E-state index in [0.29, 0.717) is 55.7 Å². The summed E-state index contributed by atoms with van der Waals surface area (Å²) in [6.07, 6.45) is 10.2. The van der Waals surface area contributed by atoms with E-state index in [0.717, 1.165) is 22.0 Å². The Labute approximate surface area is 458 Å². The summed E-state index contributed by atoms with van der Waals surface area (Å²) in [7, 11) is 0. The Morgan fingerprint density at radius 3 is 1.81 bits per heavy atom. The number of aryl methyl sites for hydroxylation is 1. The molecule has 0 saturated carbocycles. The number of nitrogens with one attached hydrogen (secondary N) is 10. The third-order valence-corrected chi connectivity index (χ3v) is 14.1. The van der Waals surface area contributed by atoms with Crippen molar-refractivity contribution in [2.75, 3.05) is 13.1 Å². The number of hydrogen-bond donors (Lipinski definition) is 11. The lowest BCUT2D eigenvalue weighted by molar-refractivity contribution is -0.138. The van der Waals surface area contributed by atoms with E-state index in [1.807, 2.05) is 84.9 Å². The van der Waals surface area contributed by atoms with E-state index in [4.69, 9.17) is 5.73 Å². The minimum Gasteiger partial charge on any atom is -0.368 e. The van der Waals surface area contributed by atoms with Crippen LogP contribution in [0.1, 0.15) is 75.0 Å². The minimum absolute atomic E-state index is 0.00235. The summed E-state index contributed by atoms with van der Waals surface area (Å²) >= 11 is 0. The van der Waals surface area contributed by atoms with Gasteiger partial charge in [0, 0.05) is 85.7 Å². The summed E-state index contributed by atoms with van der Waals surface area (Å²) in [5.41, 5.74) is 10.3. The molecule has 0 radical (unpaired) electrons. The molecular weight excluding hydrogens is 1010 g/mol. The van der Waals surface area contributed by atoms with Gasteiger partial charge in [-0.15, -0.1) is 0 Å². The van der Waals surface area contributed by atoms with Gasteiger partial charge in [-0.1, -0.05) is 92.7 Å². The van der Waals surface area contributed by atoms with Gasteiger partial charge >= 0.3 is 0 Å². The number of primary amides is 1. The molecule has 3 aromatic carbocycles. The molecule has 0 spiro atoms. The molecule has 1 fully saturated rings. The highest BCUT2D eigenvalue weighted by Gasteiger charge is 2.37. The number of likely N-dealkylation sites (tertiary alicyclic amines) is 1. The van der Waals surface area contributed by atoms with Crippen LogP contribution < -0.4 is 43.0 Å². The van der Waals surface area contributed by atoms with Crippen LogP contribution in [0.2, 0.25) is 0 Å². The minimum atomic E-state index is -1.24. The molecule has 12 N–H and O–H groups in total. The maximum absolute atomic E-state index is 14.4. The quantitative estimate of drug-likeness (QED) is 0.0335. The second kappa shape index (κ2) is 28.1. The van der Waals surface area contributed by atoms with E-state index in [1.54, 1.807) is 37.3 Å². The van der Waals surface area contributed by atoms with E-state index >= 15 is 0 Å². The van der Waals surface area contributed by atoms with Crippen molar-refractivity contribution in [3.05, 3.63) is 144 Å². The molecule has 0 unspecified atom stereocenters. The normalized spacial score (nSPS) is 15.9. The number of fused-ring (bicyclic) bond motifs is 1. The van der Waals surface area contributed by atoms with E-state index in [2.05, 4.69) is 62.1 Å². The zero-order valence-electron chi connectivity index (χ0n) is 44.9. The fourth-order valence-corrected chi connectivity index (χ4v) is 9.61. The molecule has 4 heterocycles. The lowest BCUT2D eigenvalue weighted by Gasteiger charge is -2.31. The zero-order valence-corrected chi connectivity index (χ0v) is 44.9. The molecule has 418 valence electrons. The maximum Gasteiger partial charge on any atom is 0.245 e. The van der Waals surface area contributed by atoms with Crippen LogP contribution in [-0.2, 0) is 70.5 Å². The third-order valence-electron chi connectivity index (χ3n) is 14.1. The Morgan fingerprint density at radius 2 is 1.18 bits per heavy atom. The summed E-state index contributed by atoms with van der Waals surface area (Å²) in [5.74, 6) is -5.16. The number of benzene rings is 3. The van der Waals surface area contributed by atoms with E-state index in [1.165, 1.54) is 26.5 Å². The molecule has 8 amide bonds. The summed E-state index contributed by atoms with van der Waals surface area (Å²) in [6, 6.07) is 18.4. The molecule has 22 nitrogen and oxygen atoms in total. The highest BCUT2D eigenvalue weighted by Crippen LogP contribution is 2.21. The van der Waals surface area contributed by atoms with Gasteiger partial charge in [-0.3, -0.25) is 38.4 Å². The summed E-state index contributed by atoms with van der Waals surface area (Å²) < 4.78 is 0. The number of hydrogen-bond acceptors (Lipinski definition) is 11. The molecule has 0 aliphatic carbocycles. The summed E-state index contributed by atoms with van der Waals surface area (Å²) in [4.78, 5) is 130. The molecule has 3 aromatic heterocycles. The van der Waals surface area contributed by atoms with Crippen molar-refractivity contribution in [3.63, 3.8) is 0 Å². The summed E-state index contributed by atoms with van der Waals surface area (Å²) in [5, 5.41) is 20.7. The van der Waals surface area contributed by atoms with Gasteiger partial charge in [0.15, 0.2) is 0 Å². The Morgan fingerprint density at radius 1 is 0.608 bits per heavy atom. The number of H-pyrrole nitrogens is 3. The molecule has 7 rings (SSSR count). The van der Waals surface area contributed by atoms with Gasteiger partial charge in [0.05, 0.1) is 18.7 Å². The first-order chi connectivity index (χ1) is 38.0. The van der Waals surface area contributed by atoms with Crippen molar-refractivity contribution in [1.29, 1.82) is 0 Å². The molecule has 22 heteroatoms. The molecule has 1 aliphatic rings. The number of carbonyl (C=O) groups excluding carboxylic acids is 8. The Balaban J connectivity index is 0.981. The fraction of sp³-hybridized carbons (Fsp3) is 0.404. The number of carbonyl (C=O) groups is 8. The van der Waals surface area contributed by atoms with Crippen LogP contribution in [-0.4, -0.2) is 139 Å². The molecular formula is C57H72N14O8. The van der Waals surface area contributed by atoms with Crippen molar-refractivity contribution in [2.24, 2.45) is 11.7 Å². The second-order valence-electron chi connectivity index (χ2n) is 20.4. The number of amides is 8. The van der Waals surface area contributed by atoms with Gasteiger partial charge in [0.1, 0.15) is 36.3 Å². The topological polar surface area (TPSA) is 323 Å². The molecule has 1 saturated heterocycles. The van der Waals surface area contributed by atoms with Crippen molar-refractivity contribution >= 4 is 58.2 Å². The van der Waals surface area contributed by atoms with Crippen LogP contribution in [0.5, 0.6) is 0 Å². The van der Waals surface area contributed by atoms with Crippen molar-refractivity contribution in [1.82, 2.24) is 67.0 Å². The van der Waals surface area contributed by atoms with E-state index in [-0.39, 0.29) is 43.5 Å². The number of para-hydroxylation sites is 1. The number of aromatic nitrogens is 5. The Bertz CT molecular complexity index is 2990. The predicted octanol–water partition coefficient (Wildman–Crippen LogP) is 1.56. The average Bonchev–Trinajstić information content (AvgIpc) is 4.31. The third kappa shape index (κ3) is 16.7. The van der Waals surface area contributed by atoms with Crippen LogP contribution in [0.3, 0.4) is 0 Å². The number of aromatic amines is 3. The number of rotatable bonds is 28. The standard InChI is InChI=1S/C57H72N14O8/c1-34(2)50(56(78)66-35(3)52(74)69-48(27-41-30-60-33-64-41)57(79)71-23-13-18-42(71)31-62-45(51(58)73)24-38-16-9-6-10-17-38)70-53(75)36(4)65-54(76)46(25-39-28-61-44-20-12-11-19-43(39)44)68-55(77)47(26-40-29-59-32-63-40)67-49(72)22-21-37-14-7-5-8-15-37/h5-12,14-17,19-20,28-30,32-36,42,45-48,50,61-62H,13,18,21-27,31H2,1-4H3,(H2,58,73)(H,59,63)(H,60,64)(H,65,76)(H,66,78)(H,67,72)(H,68,77)(H,69,74)(H,70,75)/t35-,36+,42-,45-,46+,47+,48+,50+/m1/s1. The van der Waals surface area contributed by atoms with Crippen LogP contribution in [0.25, 0.3) is 10.9 Å². The molecule has 0 bridgehead atoms. The summed E-state index contributed by atoms with van der Waals surface area (Å²) in [6.45, 7) is 7.03. The molecule has 1 aliphatic heterocycles. The monoisotopic (exact) mass is 1080 g/mol. The lowest BCUT2D eigenvalue weighted by atomic mass is 10.0. The zero-order chi connectivity index (χ0) is 56.4. The first-order valence-electron chi connectivity index (χ1n) is 26.7. The first kappa shape index (κ1) is 58.0. The molecule has 79 heavy (non-hydrogen) atoms. The van der Waals surface area contributed by atoms with Gasteiger partial charge in [-0.25, -0.2) is 9.97 Å². The number of imidazole rings is 2. The van der Waals surface area contributed by atoms with Crippen LogP contribution in [0, 0.1) is 5.92 Å². The molecule has 8 atom stereocenters. The van der Waals surface area contributed by atoms with Gasteiger partial charge in [-0.05, 0) is 68.2 Å². The van der Waals surface area contributed by atoms with Crippen LogP contribution in [0.4, 0.5) is 0 Å². The average molecular weight is 1080 g/mol. The maximum atomic E-state index is 14.4. The number of nitrogens with two attached hydrogens (primary N) is 1. The number of nitrogens with zero attached hydrogens (tertiary/aromatic N) is 3. The second-order valence-corrected chi connectivity index (χ2v) is 20.4. The lowest BCUT2D eigenvalue weighted by Crippen LogP contribution is -2.60. The van der Waals surface area contributed by atoms with Gasteiger partial charge in [0.2, 0.25) is 47.3 Å². The van der Waals surface area contributed by atoms with Crippen molar-refractivity contribution < 1.29 is 38.4 Å². The smallest absolute Gasteiger partial charge is 0.245 e. The van der Waals surface area contributed by atoms with Crippen molar-refractivity contribution in [2.45, 2.75) is 127 Å². The van der Waals surface area contributed by atoms with Crippen molar-refractivity contribution in [3.8, 4) is 0 Å². The van der Waals surface area contributed by atoms with Crippen LogP contribution in [0.15, 0.2) is 116 Å². The largest absolute Gasteiger partial charge is 0.368 e. The Kier molecular flexibility index (Phi) is 20.6. The molecule has 6 aromatic rings. The SMILES string of the molecule is CC(C)[C@H](NC(=O)[C@H](C)NC(=O)[C@H](Cc1c[nH]c2ccccc12)NC(=O)[C@H](Cc1cnc[nH]1)NC(=O)CCc1ccccc1)C(=O)N[C@H](C)C(=O)N[C@@H](Cc1cnc[nH]1)C(=O)N1CCC[C@@H]1CN[C@H](Cc1ccccc1)C(N)=O. The Hall–Kier alpha value is -8.66. The van der Waals surface area contributed by atoms with Crippen LogP contribution >= 0.6 is 0 Å². The van der Waals surface area contributed by atoms with Gasteiger partial charge in [-0.2, -0.15) is 0 Å². The highest BCUT2D eigenvalue weighted by atomic mass is 16.2. The fourth-order valence-electron chi connectivity index (χ4n) is 9.61. The predicted molar refractivity (Wildman–Crippen MR) is 295 cm³/mol. The van der Waals surface area contributed by atoms with E-state index < -0.39 is 83.7 Å². The first-order valence-corrected chi connectivity index (χ1v) is 26.7.